The van der Waals surface area contributed by atoms with Crippen LogP contribution in [0.15, 0.2) is 0 Å². The molecule has 0 aromatic heterocycles. The highest BCUT2D eigenvalue weighted by atomic mass is 16.5. The van der Waals surface area contributed by atoms with Crippen molar-refractivity contribution in [2.75, 3.05) is 26.3 Å². The standard InChI is InChI=1S/C14H26N2O2/c1-2-3-13(4-5-13)11-16-12(17)14(10-15)6-8-18-9-7-14/h2-11,15H2,1H3,(H,16,17). The van der Waals surface area contributed by atoms with Crippen LogP contribution in [0, 0.1) is 10.8 Å². The fourth-order valence-corrected chi connectivity index (χ4v) is 2.96. The predicted octanol–water partition coefficient (Wildman–Crippen LogP) is 1.44. The Morgan fingerprint density at radius 1 is 1.28 bits per heavy atom. The van der Waals surface area contributed by atoms with Gasteiger partial charge in [-0.15, -0.1) is 0 Å². The van der Waals surface area contributed by atoms with Crippen LogP contribution in [0.4, 0.5) is 0 Å². The Hall–Kier alpha value is -0.610. The van der Waals surface area contributed by atoms with Crippen molar-refractivity contribution in [2.24, 2.45) is 16.6 Å². The molecule has 1 heterocycles. The molecule has 104 valence electrons. The predicted molar refractivity (Wildman–Crippen MR) is 71.1 cm³/mol. The Kier molecular flexibility index (Phi) is 4.28. The molecule has 4 heteroatoms. The fraction of sp³-hybridized carbons (Fsp3) is 0.929. The van der Waals surface area contributed by atoms with Crippen LogP contribution in [-0.4, -0.2) is 32.2 Å². The molecular formula is C14H26N2O2. The molecule has 0 spiro atoms. The van der Waals surface area contributed by atoms with Crippen LogP contribution in [-0.2, 0) is 9.53 Å². The maximum Gasteiger partial charge on any atom is 0.227 e. The molecule has 0 aromatic rings. The van der Waals surface area contributed by atoms with E-state index >= 15 is 0 Å². The summed E-state index contributed by atoms with van der Waals surface area (Å²) in [6, 6.07) is 0. The molecule has 1 amide bonds. The number of nitrogens with one attached hydrogen (secondary N) is 1. The first-order valence-electron chi connectivity index (χ1n) is 7.23. The summed E-state index contributed by atoms with van der Waals surface area (Å²) in [4.78, 5) is 12.4. The van der Waals surface area contributed by atoms with Gasteiger partial charge in [-0.2, -0.15) is 0 Å². The van der Waals surface area contributed by atoms with E-state index in [1.54, 1.807) is 0 Å². The highest BCUT2D eigenvalue weighted by Crippen LogP contribution is 2.49. The van der Waals surface area contributed by atoms with E-state index in [1.165, 1.54) is 25.7 Å². The summed E-state index contributed by atoms with van der Waals surface area (Å²) in [5.74, 6) is 0.149. The summed E-state index contributed by atoms with van der Waals surface area (Å²) < 4.78 is 5.34. The first-order valence-corrected chi connectivity index (χ1v) is 7.23. The van der Waals surface area contributed by atoms with Crippen molar-refractivity contribution in [1.29, 1.82) is 0 Å². The molecule has 1 aliphatic carbocycles. The van der Waals surface area contributed by atoms with Crippen molar-refractivity contribution in [3.8, 4) is 0 Å². The Balaban J connectivity index is 1.86. The minimum Gasteiger partial charge on any atom is -0.381 e. The Labute approximate surface area is 110 Å². The molecule has 0 bridgehead atoms. The summed E-state index contributed by atoms with van der Waals surface area (Å²) in [5.41, 5.74) is 5.87. The maximum absolute atomic E-state index is 12.4. The summed E-state index contributed by atoms with van der Waals surface area (Å²) >= 11 is 0. The van der Waals surface area contributed by atoms with Gasteiger partial charge >= 0.3 is 0 Å². The van der Waals surface area contributed by atoms with E-state index < -0.39 is 0 Å². The van der Waals surface area contributed by atoms with Gasteiger partial charge in [0.05, 0.1) is 5.41 Å². The smallest absolute Gasteiger partial charge is 0.227 e. The Morgan fingerprint density at radius 2 is 1.94 bits per heavy atom. The number of hydrogen-bond donors (Lipinski definition) is 2. The maximum atomic E-state index is 12.4. The molecule has 2 aliphatic rings. The Bertz CT molecular complexity index is 294. The van der Waals surface area contributed by atoms with Crippen LogP contribution < -0.4 is 11.1 Å². The SMILES string of the molecule is CCCC1(CNC(=O)C2(CN)CCOCC2)CC1. The topological polar surface area (TPSA) is 64.4 Å². The zero-order chi connectivity index (χ0) is 13.1. The molecule has 2 fully saturated rings. The third-order valence-electron chi connectivity index (χ3n) is 4.68. The average Bonchev–Trinajstić information content (AvgIpc) is 3.17. The van der Waals surface area contributed by atoms with Crippen LogP contribution >= 0.6 is 0 Å². The number of nitrogens with two attached hydrogens (primary N) is 1. The average molecular weight is 254 g/mol. The van der Waals surface area contributed by atoms with Gasteiger partial charge in [-0.3, -0.25) is 4.79 Å². The van der Waals surface area contributed by atoms with Gasteiger partial charge in [0.25, 0.3) is 0 Å². The summed E-state index contributed by atoms with van der Waals surface area (Å²) in [7, 11) is 0. The monoisotopic (exact) mass is 254 g/mol. The van der Waals surface area contributed by atoms with Crippen LogP contribution in [0.3, 0.4) is 0 Å². The number of amides is 1. The molecule has 0 atom stereocenters. The van der Waals surface area contributed by atoms with E-state index in [9.17, 15) is 4.79 Å². The number of ether oxygens (including phenoxy) is 1. The van der Waals surface area contributed by atoms with Gasteiger partial charge < -0.3 is 15.8 Å². The molecule has 2 rings (SSSR count). The van der Waals surface area contributed by atoms with Gasteiger partial charge in [0.15, 0.2) is 0 Å². The van der Waals surface area contributed by atoms with E-state index in [-0.39, 0.29) is 11.3 Å². The van der Waals surface area contributed by atoms with Crippen molar-refractivity contribution in [3.05, 3.63) is 0 Å². The largest absolute Gasteiger partial charge is 0.381 e. The first-order chi connectivity index (χ1) is 8.66. The van der Waals surface area contributed by atoms with Gasteiger partial charge in [0.1, 0.15) is 0 Å². The van der Waals surface area contributed by atoms with Crippen LogP contribution in [0.25, 0.3) is 0 Å². The van der Waals surface area contributed by atoms with Gasteiger partial charge in [0, 0.05) is 26.3 Å². The molecule has 18 heavy (non-hydrogen) atoms. The molecule has 1 aliphatic heterocycles. The minimum atomic E-state index is -0.374. The molecule has 3 N–H and O–H groups in total. The fourth-order valence-electron chi connectivity index (χ4n) is 2.96. The zero-order valence-corrected chi connectivity index (χ0v) is 11.5. The lowest BCUT2D eigenvalue weighted by Crippen LogP contribution is -2.50. The van der Waals surface area contributed by atoms with Crippen LogP contribution in [0.5, 0.6) is 0 Å². The Morgan fingerprint density at radius 3 is 2.44 bits per heavy atom. The highest BCUT2D eigenvalue weighted by Gasteiger charge is 2.44. The lowest BCUT2D eigenvalue weighted by atomic mass is 9.79. The van der Waals surface area contributed by atoms with E-state index in [4.69, 9.17) is 10.5 Å². The van der Waals surface area contributed by atoms with Crippen molar-refractivity contribution in [2.45, 2.75) is 45.4 Å². The van der Waals surface area contributed by atoms with Crippen molar-refractivity contribution < 1.29 is 9.53 Å². The number of carbonyl (C=O) groups excluding carboxylic acids is 1. The summed E-state index contributed by atoms with van der Waals surface area (Å²) in [6.07, 6.45) is 6.48. The van der Waals surface area contributed by atoms with E-state index in [1.807, 2.05) is 0 Å². The third-order valence-corrected chi connectivity index (χ3v) is 4.68. The minimum absolute atomic E-state index is 0.149. The molecule has 0 radical (unpaired) electrons. The van der Waals surface area contributed by atoms with E-state index in [0.29, 0.717) is 25.2 Å². The molecular weight excluding hydrogens is 228 g/mol. The molecule has 0 unspecified atom stereocenters. The first kappa shape index (κ1) is 13.8. The lowest BCUT2D eigenvalue weighted by Gasteiger charge is -2.35. The van der Waals surface area contributed by atoms with Crippen molar-refractivity contribution >= 4 is 5.91 Å². The second kappa shape index (κ2) is 5.57. The van der Waals surface area contributed by atoms with E-state index in [0.717, 1.165) is 19.4 Å². The van der Waals surface area contributed by atoms with E-state index in [2.05, 4.69) is 12.2 Å². The molecule has 1 saturated carbocycles. The molecule has 0 aromatic carbocycles. The third kappa shape index (κ3) is 2.86. The molecule has 4 nitrogen and oxygen atoms in total. The normalized spacial score (nSPS) is 24.6. The second-order valence-electron chi connectivity index (χ2n) is 6.03. The number of hydrogen-bond acceptors (Lipinski definition) is 3. The number of rotatable bonds is 6. The zero-order valence-electron chi connectivity index (χ0n) is 11.5. The number of carbonyl (C=O) groups is 1. The van der Waals surface area contributed by atoms with Gasteiger partial charge in [-0.25, -0.2) is 0 Å². The summed E-state index contributed by atoms with van der Waals surface area (Å²) in [5, 5.41) is 3.16. The van der Waals surface area contributed by atoms with Gasteiger partial charge in [-0.1, -0.05) is 13.3 Å². The van der Waals surface area contributed by atoms with Crippen molar-refractivity contribution in [3.63, 3.8) is 0 Å². The van der Waals surface area contributed by atoms with Crippen LogP contribution in [0.2, 0.25) is 0 Å². The van der Waals surface area contributed by atoms with Gasteiger partial charge in [0.2, 0.25) is 5.91 Å². The summed E-state index contributed by atoms with van der Waals surface area (Å²) in [6.45, 7) is 4.79. The molecule has 1 saturated heterocycles. The quantitative estimate of drug-likeness (QED) is 0.754. The second-order valence-corrected chi connectivity index (χ2v) is 6.03. The lowest BCUT2D eigenvalue weighted by molar-refractivity contribution is -0.136. The highest BCUT2D eigenvalue weighted by molar-refractivity contribution is 5.83. The van der Waals surface area contributed by atoms with Crippen molar-refractivity contribution in [1.82, 2.24) is 5.32 Å². The van der Waals surface area contributed by atoms with Crippen LogP contribution in [0.1, 0.15) is 45.4 Å². The van der Waals surface area contributed by atoms with Gasteiger partial charge in [-0.05, 0) is 37.5 Å².